The van der Waals surface area contributed by atoms with Crippen molar-refractivity contribution in [2.45, 2.75) is 84.5 Å². The van der Waals surface area contributed by atoms with Crippen LogP contribution in [-0.4, -0.2) is 24.1 Å². The number of rotatable bonds is 8. The van der Waals surface area contributed by atoms with Gasteiger partial charge < -0.3 is 4.74 Å². The Hall–Kier alpha value is -2.75. The molecule has 33 heavy (non-hydrogen) atoms. The van der Waals surface area contributed by atoms with Crippen LogP contribution in [0.5, 0.6) is 0 Å². The SMILES string of the molecule is CCCCOC(=O)CCCC(C)(C)c1ccc2c(c1)C(=O)c1ccc(C(C)(C)C)cc1C2=O. The lowest BCUT2D eigenvalue weighted by Gasteiger charge is -2.28. The lowest BCUT2D eigenvalue weighted by Crippen LogP contribution is -2.25. The number of carbonyl (C=O) groups is 3. The van der Waals surface area contributed by atoms with Gasteiger partial charge in [0, 0.05) is 28.7 Å². The minimum atomic E-state index is -0.238. The smallest absolute Gasteiger partial charge is 0.305 e. The molecule has 3 rings (SSSR count). The molecular formula is C29H36O4. The van der Waals surface area contributed by atoms with Gasteiger partial charge in [-0.15, -0.1) is 0 Å². The van der Waals surface area contributed by atoms with Crippen molar-refractivity contribution in [2.75, 3.05) is 6.61 Å². The van der Waals surface area contributed by atoms with Gasteiger partial charge in [-0.1, -0.05) is 60.1 Å². The second-order valence-electron chi connectivity index (χ2n) is 10.7. The molecular weight excluding hydrogens is 412 g/mol. The molecule has 1 aliphatic carbocycles. The van der Waals surface area contributed by atoms with Gasteiger partial charge in [0.1, 0.15) is 0 Å². The first-order valence-electron chi connectivity index (χ1n) is 12.0. The summed E-state index contributed by atoms with van der Waals surface area (Å²) in [4.78, 5) is 38.5. The van der Waals surface area contributed by atoms with Gasteiger partial charge in [0.2, 0.25) is 0 Å². The first-order valence-corrected chi connectivity index (χ1v) is 12.0. The summed E-state index contributed by atoms with van der Waals surface area (Å²) in [7, 11) is 0. The Morgan fingerprint density at radius 2 is 1.33 bits per heavy atom. The highest BCUT2D eigenvalue weighted by molar-refractivity contribution is 6.28. The van der Waals surface area contributed by atoms with Crippen molar-refractivity contribution >= 4 is 17.5 Å². The van der Waals surface area contributed by atoms with Crippen LogP contribution < -0.4 is 0 Å². The maximum atomic E-state index is 13.3. The molecule has 4 heteroatoms. The number of unbranched alkanes of at least 4 members (excludes halogenated alkanes) is 1. The number of carbonyl (C=O) groups excluding carboxylic acids is 3. The second-order valence-corrected chi connectivity index (χ2v) is 10.7. The van der Waals surface area contributed by atoms with E-state index in [1.807, 2.05) is 24.3 Å². The van der Waals surface area contributed by atoms with E-state index in [1.54, 1.807) is 12.1 Å². The van der Waals surface area contributed by atoms with Crippen molar-refractivity contribution in [3.05, 3.63) is 69.8 Å². The third kappa shape index (κ3) is 5.43. The number of hydrogen-bond donors (Lipinski definition) is 0. The number of fused-ring (bicyclic) bond motifs is 2. The van der Waals surface area contributed by atoms with Gasteiger partial charge in [0.05, 0.1) is 6.61 Å². The van der Waals surface area contributed by atoms with Gasteiger partial charge in [-0.05, 0) is 65.5 Å². The molecule has 2 aromatic rings. The van der Waals surface area contributed by atoms with Crippen molar-refractivity contribution in [2.24, 2.45) is 0 Å². The minimum Gasteiger partial charge on any atom is -0.466 e. The summed E-state index contributed by atoms with van der Waals surface area (Å²) in [6, 6.07) is 11.2. The Kier molecular flexibility index (Phi) is 7.26. The third-order valence-corrected chi connectivity index (χ3v) is 6.61. The molecule has 0 radical (unpaired) electrons. The van der Waals surface area contributed by atoms with Gasteiger partial charge >= 0.3 is 5.97 Å². The van der Waals surface area contributed by atoms with Crippen LogP contribution in [0.15, 0.2) is 36.4 Å². The Labute approximate surface area is 197 Å². The molecule has 1 aliphatic rings. The van der Waals surface area contributed by atoms with Crippen LogP contribution in [0.1, 0.15) is 117 Å². The largest absolute Gasteiger partial charge is 0.466 e. The van der Waals surface area contributed by atoms with E-state index in [0.717, 1.165) is 30.4 Å². The minimum absolute atomic E-state index is 0.0927. The van der Waals surface area contributed by atoms with E-state index in [4.69, 9.17) is 4.74 Å². The van der Waals surface area contributed by atoms with E-state index < -0.39 is 0 Å². The molecule has 0 fully saturated rings. The lowest BCUT2D eigenvalue weighted by atomic mass is 9.75. The molecule has 0 N–H and O–H groups in total. The normalized spacial score (nSPS) is 13.5. The van der Waals surface area contributed by atoms with E-state index in [1.165, 1.54) is 0 Å². The molecule has 0 heterocycles. The summed E-state index contributed by atoms with van der Waals surface area (Å²) in [6.07, 6.45) is 3.77. The van der Waals surface area contributed by atoms with E-state index >= 15 is 0 Å². The molecule has 0 aliphatic heterocycles. The van der Waals surface area contributed by atoms with Crippen molar-refractivity contribution in [3.63, 3.8) is 0 Å². The van der Waals surface area contributed by atoms with Gasteiger partial charge in [-0.25, -0.2) is 0 Å². The zero-order valence-electron chi connectivity index (χ0n) is 20.8. The molecule has 0 amide bonds. The molecule has 0 bridgehead atoms. The summed E-state index contributed by atoms with van der Waals surface area (Å²) in [5, 5.41) is 0. The van der Waals surface area contributed by atoms with Gasteiger partial charge in [-0.2, -0.15) is 0 Å². The van der Waals surface area contributed by atoms with E-state index in [9.17, 15) is 14.4 Å². The average molecular weight is 449 g/mol. The molecule has 0 aromatic heterocycles. The van der Waals surface area contributed by atoms with Crippen LogP contribution in [0.4, 0.5) is 0 Å². The standard InChI is InChI=1S/C29H36O4/c1-7-8-16-33-25(30)10-9-15-29(5,6)20-12-14-22-24(18-20)27(32)21-13-11-19(28(2,3)4)17-23(21)26(22)31/h11-14,17-18H,7-10,15-16H2,1-6H3. The zero-order chi connectivity index (χ0) is 24.4. The van der Waals surface area contributed by atoms with Crippen LogP contribution in [-0.2, 0) is 20.4 Å². The summed E-state index contributed by atoms with van der Waals surface area (Å²) < 4.78 is 5.24. The Morgan fingerprint density at radius 1 is 0.788 bits per heavy atom. The first kappa shape index (κ1) is 24.9. The monoisotopic (exact) mass is 448 g/mol. The highest BCUT2D eigenvalue weighted by Crippen LogP contribution is 2.35. The van der Waals surface area contributed by atoms with Crippen LogP contribution in [0.25, 0.3) is 0 Å². The molecule has 2 aromatic carbocycles. The van der Waals surface area contributed by atoms with Crippen LogP contribution >= 0.6 is 0 Å². The van der Waals surface area contributed by atoms with Crippen molar-refractivity contribution < 1.29 is 19.1 Å². The van der Waals surface area contributed by atoms with Gasteiger partial charge in [0.15, 0.2) is 11.6 Å². The number of benzene rings is 2. The molecule has 4 nitrogen and oxygen atoms in total. The molecule has 176 valence electrons. The predicted octanol–water partition coefficient (Wildman–Crippen LogP) is 6.55. The fraction of sp³-hybridized carbons (Fsp3) is 0.483. The summed E-state index contributed by atoms with van der Waals surface area (Å²) in [5.41, 5.74) is 3.61. The van der Waals surface area contributed by atoms with E-state index in [-0.39, 0.29) is 28.4 Å². The predicted molar refractivity (Wildman–Crippen MR) is 131 cm³/mol. The van der Waals surface area contributed by atoms with E-state index in [2.05, 4.69) is 41.5 Å². The number of ether oxygens (including phenoxy) is 1. The quantitative estimate of drug-likeness (QED) is 0.289. The number of ketones is 2. The maximum absolute atomic E-state index is 13.3. The molecule has 0 atom stereocenters. The third-order valence-electron chi connectivity index (χ3n) is 6.61. The zero-order valence-corrected chi connectivity index (χ0v) is 20.8. The maximum Gasteiger partial charge on any atom is 0.305 e. The highest BCUT2D eigenvalue weighted by atomic mass is 16.5. The summed E-state index contributed by atoms with van der Waals surface area (Å²) in [6.45, 7) is 13.0. The first-order chi connectivity index (χ1) is 15.5. The van der Waals surface area contributed by atoms with Gasteiger partial charge in [0.25, 0.3) is 0 Å². The average Bonchev–Trinajstić information content (AvgIpc) is 2.76. The van der Waals surface area contributed by atoms with Crippen molar-refractivity contribution in [1.82, 2.24) is 0 Å². The number of hydrogen-bond acceptors (Lipinski definition) is 4. The highest BCUT2D eigenvalue weighted by Gasteiger charge is 2.32. The van der Waals surface area contributed by atoms with Crippen LogP contribution in [0, 0.1) is 0 Å². The Morgan fingerprint density at radius 3 is 1.88 bits per heavy atom. The fourth-order valence-corrected chi connectivity index (χ4v) is 4.26. The topological polar surface area (TPSA) is 60.4 Å². The Balaban J connectivity index is 1.79. The molecule has 0 unspecified atom stereocenters. The van der Waals surface area contributed by atoms with Crippen molar-refractivity contribution in [1.29, 1.82) is 0 Å². The lowest BCUT2D eigenvalue weighted by molar-refractivity contribution is -0.143. The molecule has 0 saturated heterocycles. The Bertz CT molecular complexity index is 1070. The molecule has 0 saturated carbocycles. The van der Waals surface area contributed by atoms with Crippen LogP contribution in [0.3, 0.4) is 0 Å². The summed E-state index contributed by atoms with van der Waals surface area (Å²) >= 11 is 0. The second kappa shape index (κ2) is 9.62. The van der Waals surface area contributed by atoms with E-state index in [0.29, 0.717) is 41.7 Å². The summed E-state index contributed by atoms with van der Waals surface area (Å²) in [5.74, 6) is -0.348. The van der Waals surface area contributed by atoms with Gasteiger partial charge in [-0.3, -0.25) is 14.4 Å². The van der Waals surface area contributed by atoms with Crippen LogP contribution in [0.2, 0.25) is 0 Å². The van der Waals surface area contributed by atoms with Crippen molar-refractivity contribution in [3.8, 4) is 0 Å². The number of esters is 1. The molecule has 0 spiro atoms. The fourth-order valence-electron chi connectivity index (χ4n) is 4.26.